The van der Waals surface area contributed by atoms with Crippen LogP contribution in [0.5, 0.6) is 0 Å². The fourth-order valence-electron chi connectivity index (χ4n) is 1.60. The zero-order valence-corrected chi connectivity index (χ0v) is 9.80. The zero-order chi connectivity index (χ0) is 12.1. The van der Waals surface area contributed by atoms with E-state index in [0.717, 1.165) is 18.9 Å². The van der Waals surface area contributed by atoms with Crippen molar-refractivity contribution in [2.75, 3.05) is 0 Å². The summed E-state index contributed by atoms with van der Waals surface area (Å²) in [5.74, 6) is -2.32. The molecule has 88 valence electrons. The van der Waals surface area contributed by atoms with Crippen molar-refractivity contribution in [1.29, 1.82) is 0 Å². The minimum Gasteiger partial charge on any atom is -0.481 e. The third-order valence-corrected chi connectivity index (χ3v) is 2.72. The van der Waals surface area contributed by atoms with Crippen molar-refractivity contribution in [3.8, 4) is 0 Å². The van der Waals surface area contributed by atoms with E-state index in [1.54, 1.807) is 0 Å². The Balaban J connectivity index is 2.96. The molecular formula is C12H14ClFO2. The SMILES string of the molecule is CCCCC(C(=O)O)c1ccc(Cl)cc1F. The fraction of sp³-hybridized carbons (Fsp3) is 0.417. The Morgan fingerprint density at radius 1 is 1.56 bits per heavy atom. The highest BCUT2D eigenvalue weighted by molar-refractivity contribution is 6.30. The second kappa shape index (κ2) is 5.85. The van der Waals surface area contributed by atoms with Crippen LogP contribution in [0.2, 0.25) is 5.02 Å². The van der Waals surface area contributed by atoms with Gasteiger partial charge in [-0.25, -0.2) is 4.39 Å². The topological polar surface area (TPSA) is 37.3 Å². The van der Waals surface area contributed by atoms with E-state index >= 15 is 0 Å². The summed E-state index contributed by atoms with van der Waals surface area (Å²) in [6.45, 7) is 1.97. The van der Waals surface area contributed by atoms with Gasteiger partial charge in [0.2, 0.25) is 0 Å². The smallest absolute Gasteiger partial charge is 0.311 e. The van der Waals surface area contributed by atoms with Crippen LogP contribution < -0.4 is 0 Å². The van der Waals surface area contributed by atoms with Gasteiger partial charge in [0.1, 0.15) is 5.82 Å². The van der Waals surface area contributed by atoms with E-state index < -0.39 is 17.7 Å². The number of hydrogen-bond acceptors (Lipinski definition) is 1. The highest BCUT2D eigenvalue weighted by Gasteiger charge is 2.22. The van der Waals surface area contributed by atoms with Crippen LogP contribution in [0.15, 0.2) is 18.2 Å². The Morgan fingerprint density at radius 3 is 2.75 bits per heavy atom. The monoisotopic (exact) mass is 244 g/mol. The van der Waals surface area contributed by atoms with E-state index in [1.165, 1.54) is 12.1 Å². The molecule has 0 aromatic heterocycles. The van der Waals surface area contributed by atoms with Crippen molar-refractivity contribution >= 4 is 17.6 Å². The largest absolute Gasteiger partial charge is 0.481 e. The molecule has 0 saturated carbocycles. The average Bonchev–Trinajstić information content (AvgIpc) is 2.20. The molecule has 0 radical (unpaired) electrons. The van der Waals surface area contributed by atoms with E-state index in [1.807, 2.05) is 6.92 Å². The lowest BCUT2D eigenvalue weighted by Crippen LogP contribution is -2.13. The van der Waals surface area contributed by atoms with Gasteiger partial charge in [0.25, 0.3) is 0 Å². The third-order valence-electron chi connectivity index (χ3n) is 2.48. The zero-order valence-electron chi connectivity index (χ0n) is 9.04. The van der Waals surface area contributed by atoms with Crippen LogP contribution in [0, 0.1) is 5.82 Å². The number of benzene rings is 1. The molecule has 4 heteroatoms. The van der Waals surface area contributed by atoms with Gasteiger partial charge in [-0.3, -0.25) is 4.79 Å². The number of hydrogen-bond donors (Lipinski definition) is 1. The van der Waals surface area contributed by atoms with Crippen molar-refractivity contribution in [3.05, 3.63) is 34.6 Å². The van der Waals surface area contributed by atoms with Gasteiger partial charge >= 0.3 is 5.97 Å². The van der Waals surface area contributed by atoms with Crippen LogP contribution in [0.4, 0.5) is 4.39 Å². The minimum atomic E-state index is -0.991. The van der Waals surface area contributed by atoms with E-state index in [-0.39, 0.29) is 10.6 Å². The lowest BCUT2D eigenvalue weighted by atomic mass is 9.93. The highest BCUT2D eigenvalue weighted by atomic mass is 35.5. The second-order valence-corrected chi connectivity index (χ2v) is 4.14. The minimum absolute atomic E-state index is 0.213. The molecule has 0 aliphatic rings. The number of aliphatic carboxylic acids is 1. The molecule has 1 atom stereocenters. The maximum atomic E-state index is 13.5. The van der Waals surface area contributed by atoms with Gasteiger partial charge in [-0.15, -0.1) is 0 Å². The lowest BCUT2D eigenvalue weighted by Gasteiger charge is -2.13. The standard InChI is InChI=1S/C12H14ClFO2/c1-2-3-4-10(12(15)16)9-6-5-8(13)7-11(9)14/h5-7,10H,2-4H2,1H3,(H,15,16). The van der Waals surface area contributed by atoms with Crippen molar-refractivity contribution in [3.63, 3.8) is 0 Å². The summed E-state index contributed by atoms with van der Waals surface area (Å²) in [5, 5.41) is 9.33. The second-order valence-electron chi connectivity index (χ2n) is 3.70. The van der Waals surface area contributed by atoms with Crippen LogP contribution >= 0.6 is 11.6 Å². The molecule has 1 N–H and O–H groups in total. The van der Waals surface area contributed by atoms with Gasteiger partial charge < -0.3 is 5.11 Å². The van der Waals surface area contributed by atoms with Crippen LogP contribution in [-0.2, 0) is 4.79 Å². The predicted octanol–water partition coefficient (Wildman–Crippen LogP) is 3.84. The number of rotatable bonds is 5. The maximum absolute atomic E-state index is 13.5. The molecule has 0 aliphatic carbocycles. The van der Waals surface area contributed by atoms with E-state index in [4.69, 9.17) is 16.7 Å². The average molecular weight is 245 g/mol. The Hall–Kier alpha value is -1.09. The number of unbranched alkanes of at least 4 members (excludes halogenated alkanes) is 1. The molecular weight excluding hydrogens is 231 g/mol. The van der Waals surface area contributed by atoms with Crippen molar-refractivity contribution in [2.45, 2.75) is 32.1 Å². The number of halogens is 2. The molecule has 0 aliphatic heterocycles. The molecule has 0 heterocycles. The van der Waals surface area contributed by atoms with Gasteiger partial charge in [-0.1, -0.05) is 37.4 Å². The summed E-state index contributed by atoms with van der Waals surface area (Å²) in [5.41, 5.74) is 0.213. The molecule has 0 fully saturated rings. The van der Waals surface area contributed by atoms with Crippen molar-refractivity contribution in [1.82, 2.24) is 0 Å². The van der Waals surface area contributed by atoms with E-state index in [2.05, 4.69) is 0 Å². The van der Waals surface area contributed by atoms with Crippen LogP contribution in [-0.4, -0.2) is 11.1 Å². The van der Waals surface area contributed by atoms with E-state index in [9.17, 15) is 9.18 Å². The molecule has 16 heavy (non-hydrogen) atoms. The van der Waals surface area contributed by atoms with Gasteiger partial charge in [0.05, 0.1) is 5.92 Å². The number of carbonyl (C=O) groups is 1. The molecule has 1 rings (SSSR count). The summed E-state index contributed by atoms with van der Waals surface area (Å²) < 4.78 is 13.5. The summed E-state index contributed by atoms with van der Waals surface area (Å²) >= 11 is 5.62. The maximum Gasteiger partial charge on any atom is 0.311 e. The molecule has 0 spiro atoms. The number of carboxylic acid groups (broad SMARTS) is 1. The lowest BCUT2D eigenvalue weighted by molar-refractivity contribution is -0.139. The molecule has 1 unspecified atom stereocenters. The molecule has 1 aromatic carbocycles. The van der Waals surface area contributed by atoms with E-state index in [0.29, 0.717) is 6.42 Å². The van der Waals surface area contributed by atoms with Crippen LogP contribution in [0.3, 0.4) is 0 Å². The van der Waals surface area contributed by atoms with Crippen molar-refractivity contribution in [2.24, 2.45) is 0 Å². The Bertz CT molecular complexity index is 379. The quantitative estimate of drug-likeness (QED) is 0.855. The number of carboxylic acids is 1. The van der Waals surface area contributed by atoms with Gasteiger partial charge in [0, 0.05) is 10.6 Å². The first-order valence-corrected chi connectivity index (χ1v) is 5.61. The van der Waals surface area contributed by atoms with Gasteiger partial charge in [0.15, 0.2) is 0 Å². The normalized spacial score (nSPS) is 12.4. The molecule has 0 amide bonds. The first-order valence-electron chi connectivity index (χ1n) is 5.24. The molecule has 2 nitrogen and oxygen atoms in total. The Morgan fingerprint density at radius 2 is 2.25 bits per heavy atom. The van der Waals surface area contributed by atoms with Crippen LogP contribution in [0.1, 0.15) is 37.7 Å². The Labute approximate surface area is 99.0 Å². The third kappa shape index (κ3) is 3.20. The molecule has 0 saturated heterocycles. The molecule has 1 aromatic rings. The highest BCUT2D eigenvalue weighted by Crippen LogP contribution is 2.26. The first-order chi connectivity index (χ1) is 7.56. The molecule has 0 bridgehead atoms. The fourth-order valence-corrected chi connectivity index (χ4v) is 1.76. The van der Waals surface area contributed by atoms with Gasteiger partial charge in [-0.05, 0) is 18.6 Å². The predicted molar refractivity (Wildman–Crippen MR) is 61.3 cm³/mol. The van der Waals surface area contributed by atoms with Crippen LogP contribution in [0.25, 0.3) is 0 Å². The summed E-state index contributed by atoms with van der Waals surface area (Å²) in [7, 11) is 0. The van der Waals surface area contributed by atoms with Gasteiger partial charge in [-0.2, -0.15) is 0 Å². The summed E-state index contributed by atoms with van der Waals surface area (Å²) in [4.78, 5) is 11.0. The van der Waals surface area contributed by atoms with Crippen molar-refractivity contribution < 1.29 is 14.3 Å². The summed E-state index contributed by atoms with van der Waals surface area (Å²) in [6.07, 6.45) is 2.10. The summed E-state index contributed by atoms with van der Waals surface area (Å²) in [6, 6.07) is 4.12. The Kier molecular flexibility index (Phi) is 4.74. The first kappa shape index (κ1) is 13.0.